The molecule has 0 radical (unpaired) electrons. The van der Waals surface area contributed by atoms with Crippen molar-refractivity contribution in [2.75, 3.05) is 38.5 Å². The van der Waals surface area contributed by atoms with Crippen molar-refractivity contribution < 1.29 is 9.53 Å². The quantitative estimate of drug-likeness (QED) is 0.352. The maximum Gasteiger partial charge on any atom is 0.255 e. The summed E-state index contributed by atoms with van der Waals surface area (Å²) in [5.74, 6) is 1.28. The van der Waals surface area contributed by atoms with E-state index in [0.29, 0.717) is 29.6 Å². The first-order chi connectivity index (χ1) is 19.9. The van der Waals surface area contributed by atoms with Crippen molar-refractivity contribution in [1.82, 2.24) is 24.8 Å². The van der Waals surface area contributed by atoms with Gasteiger partial charge in [-0.25, -0.2) is 4.98 Å². The molecule has 0 unspecified atom stereocenters. The summed E-state index contributed by atoms with van der Waals surface area (Å²) in [4.78, 5) is 36.0. The SMILES string of the molecule is Cc1cc(NC(=O)c2ccc(C)c(Oc3nc(-c4cccnc4)nc4c3C=NC4)c2)ccc1CN1CCN(C)CC1. The second-order valence-electron chi connectivity index (χ2n) is 10.7. The lowest BCUT2D eigenvalue weighted by Gasteiger charge is -2.32. The number of hydrogen-bond acceptors (Lipinski definition) is 8. The minimum atomic E-state index is -0.202. The van der Waals surface area contributed by atoms with Gasteiger partial charge in [-0.2, -0.15) is 4.98 Å². The maximum atomic E-state index is 13.3. The molecular formula is C32H33N7O2. The zero-order valence-corrected chi connectivity index (χ0v) is 23.6. The predicted molar refractivity (Wildman–Crippen MR) is 160 cm³/mol. The van der Waals surface area contributed by atoms with Crippen LogP contribution in [0.2, 0.25) is 0 Å². The van der Waals surface area contributed by atoms with Gasteiger partial charge in [0.15, 0.2) is 5.82 Å². The fraction of sp³-hybridized carbons (Fsp3) is 0.281. The van der Waals surface area contributed by atoms with E-state index in [-0.39, 0.29) is 5.91 Å². The van der Waals surface area contributed by atoms with Gasteiger partial charge in [-0.05, 0) is 74.0 Å². The van der Waals surface area contributed by atoms with Gasteiger partial charge >= 0.3 is 0 Å². The lowest BCUT2D eigenvalue weighted by molar-refractivity contribution is 0.102. The van der Waals surface area contributed by atoms with Gasteiger partial charge in [0.05, 0.1) is 17.8 Å². The summed E-state index contributed by atoms with van der Waals surface area (Å²) in [5, 5.41) is 3.05. The van der Waals surface area contributed by atoms with Crippen molar-refractivity contribution in [2.45, 2.75) is 26.9 Å². The molecule has 6 rings (SSSR count). The summed E-state index contributed by atoms with van der Waals surface area (Å²) in [7, 11) is 2.17. The number of ether oxygens (including phenoxy) is 1. The smallest absolute Gasteiger partial charge is 0.255 e. The molecule has 4 heterocycles. The van der Waals surface area contributed by atoms with Crippen molar-refractivity contribution in [2.24, 2.45) is 4.99 Å². The fourth-order valence-electron chi connectivity index (χ4n) is 5.03. The molecule has 9 heteroatoms. The van der Waals surface area contributed by atoms with Crippen LogP contribution in [0.4, 0.5) is 5.69 Å². The summed E-state index contributed by atoms with van der Waals surface area (Å²) >= 11 is 0. The van der Waals surface area contributed by atoms with E-state index in [1.807, 2.05) is 37.3 Å². The van der Waals surface area contributed by atoms with Gasteiger partial charge in [-0.1, -0.05) is 12.1 Å². The van der Waals surface area contributed by atoms with E-state index in [0.717, 1.165) is 60.8 Å². The summed E-state index contributed by atoms with van der Waals surface area (Å²) in [6, 6.07) is 15.3. The maximum absolute atomic E-state index is 13.3. The summed E-state index contributed by atoms with van der Waals surface area (Å²) in [6.07, 6.45) is 5.17. The first-order valence-corrected chi connectivity index (χ1v) is 13.8. The molecule has 2 aromatic heterocycles. The molecule has 0 aliphatic carbocycles. The lowest BCUT2D eigenvalue weighted by Crippen LogP contribution is -2.43. The molecule has 2 aliphatic heterocycles. The number of amides is 1. The fourth-order valence-corrected chi connectivity index (χ4v) is 5.03. The normalized spacial score (nSPS) is 15.1. The van der Waals surface area contributed by atoms with Gasteiger partial charge in [-0.15, -0.1) is 0 Å². The first kappa shape index (κ1) is 26.7. The third-order valence-corrected chi connectivity index (χ3v) is 7.62. The van der Waals surface area contributed by atoms with Gasteiger partial charge in [0, 0.05) is 68.1 Å². The molecule has 1 amide bonds. The highest BCUT2D eigenvalue weighted by Gasteiger charge is 2.21. The average molecular weight is 548 g/mol. The van der Waals surface area contributed by atoms with E-state index >= 15 is 0 Å². The van der Waals surface area contributed by atoms with Crippen LogP contribution in [0.3, 0.4) is 0 Å². The van der Waals surface area contributed by atoms with Crippen LogP contribution in [-0.4, -0.2) is 70.1 Å². The van der Waals surface area contributed by atoms with E-state index in [2.05, 4.69) is 55.1 Å². The standard InChI is InChI=1S/C32H33N7O2/c1-21-6-7-23(31(40)35-26-9-8-25(22(2)15-26)20-39-13-11-38(3)12-14-39)16-29(21)41-32-27-18-34-19-28(27)36-30(37-32)24-5-4-10-33-17-24/h4-10,15-18H,11-14,19-20H2,1-3H3,(H,35,40). The molecule has 0 saturated carbocycles. The molecular weight excluding hydrogens is 514 g/mol. The van der Waals surface area contributed by atoms with Crippen LogP contribution in [0.15, 0.2) is 65.9 Å². The van der Waals surface area contributed by atoms with E-state index < -0.39 is 0 Å². The van der Waals surface area contributed by atoms with Crippen molar-refractivity contribution in [3.8, 4) is 23.0 Å². The third kappa shape index (κ3) is 6.01. The zero-order valence-electron chi connectivity index (χ0n) is 23.6. The summed E-state index contributed by atoms with van der Waals surface area (Å²) < 4.78 is 6.32. The number of likely N-dealkylation sites (N-methyl/N-ethyl adjacent to an activating group) is 1. The number of aryl methyl sites for hydroxylation is 2. The molecule has 0 atom stereocenters. The number of rotatable bonds is 7. The van der Waals surface area contributed by atoms with Crippen LogP contribution in [0, 0.1) is 13.8 Å². The number of anilines is 1. The average Bonchev–Trinajstić information content (AvgIpc) is 3.46. The number of nitrogens with zero attached hydrogens (tertiary/aromatic N) is 6. The van der Waals surface area contributed by atoms with Gasteiger partial charge in [0.25, 0.3) is 5.91 Å². The van der Waals surface area contributed by atoms with Gasteiger partial charge < -0.3 is 15.0 Å². The minimum Gasteiger partial charge on any atom is -0.438 e. The lowest BCUT2D eigenvalue weighted by atomic mass is 10.1. The molecule has 1 N–H and O–H groups in total. The van der Waals surface area contributed by atoms with Crippen LogP contribution in [0.5, 0.6) is 11.6 Å². The largest absolute Gasteiger partial charge is 0.438 e. The summed E-state index contributed by atoms with van der Waals surface area (Å²) in [5.41, 5.74) is 6.94. The van der Waals surface area contributed by atoms with Crippen molar-refractivity contribution in [3.63, 3.8) is 0 Å². The van der Waals surface area contributed by atoms with E-state index in [4.69, 9.17) is 4.74 Å². The Labute approximate surface area is 240 Å². The number of hydrogen-bond donors (Lipinski definition) is 1. The molecule has 4 aromatic rings. The number of fused-ring (bicyclic) bond motifs is 1. The first-order valence-electron chi connectivity index (χ1n) is 13.8. The Kier molecular flexibility index (Phi) is 7.54. The Hall–Kier alpha value is -4.47. The van der Waals surface area contributed by atoms with E-state index in [1.54, 1.807) is 30.7 Å². The van der Waals surface area contributed by atoms with Crippen LogP contribution < -0.4 is 10.1 Å². The van der Waals surface area contributed by atoms with Crippen LogP contribution in [-0.2, 0) is 13.1 Å². The Morgan fingerprint density at radius 3 is 2.63 bits per heavy atom. The van der Waals surface area contributed by atoms with Crippen LogP contribution >= 0.6 is 0 Å². The molecule has 2 aliphatic rings. The predicted octanol–water partition coefficient (Wildman–Crippen LogP) is 4.88. The second kappa shape index (κ2) is 11.6. The highest BCUT2D eigenvalue weighted by Crippen LogP contribution is 2.32. The van der Waals surface area contributed by atoms with Crippen molar-refractivity contribution in [1.29, 1.82) is 0 Å². The molecule has 208 valence electrons. The Morgan fingerprint density at radius 1 is 1.00 bits per heavy atom. The molecule has 41 heavy (non-hydrogen) atoms. The molecule has 1 saturated heterocycles. The molecule has 0 bridgehead atoms. The number of aromatic nitrogens is 3. The monoisotopic (exact) mass is 547 g/mol. The minimum absolute atomic E-state index is 0.202. The number of aliphatic imine (C=N–C) groups is 1. The number of pyridine rings is 1. The number of carbonyl (C=O) groups excluding carboxylic acids is 1. The molecule has 2 aromatic carbocycles. The van der Waals surface area contributed by atoms with Crippen molar-refractivity contribution in [3.05, 3.63) is 94.4 Å². The van der Waals surface area contributed by atoms with Gasteiger partial charge in [0.2, 0.25) is 5.88 Å². The van der Waals surface area contributed by atoms with Crippen LogP contribution in [0.1, 0.15) is 38.3 Å². The number of piperazine rings is 1. The molecule has 1 fully saturated rings. The Morgan fingerprint density at radius 2 is 1.85 bits per heavy atom. The third-order valence-electron chi connectivity index (χ3n) is 7.62. The van der Waals surface area contributed by atoms with E-state index in [1.165, 1.54) is 11.1 Å². The van der Waals surface area contributed by atoms with Crippen LogP contribution in [0.25, 0.3) is 11.4 Å². The highest BCUT2D eigenvalue weighted by atomic mass is 16.5. The van der Waals surface area contributed by atoms with Crippen molar-refractivity contribution >= 4 is 17.8 Å². The highest BCUT2D eigenvalue weighted by molar-refractivity contribution is 6.04. The van der Waals surface area contributed by atoms with E-state index in [9.17, 15) is 4.79 Å². The van der Waals surface area contributed by atoms with Gasteiger partial charge in [-0.3, -0.25) is 19.7 Å². The number of benzene rings is 2. The number of nitrogens with one attached hydrogen (secondary N) is 1. The molecule has 0 spiro atoms. The Bertz CT molecular complexity index is 1610. The Balaban J connectivity index is 1.19. The number of carbonyl (C=O) groups is 1. The summed E-state index contributed by atoms with van der Waals surface area (Å²) in [6.45, 7) is 9.76. The molecule has 9 nitrogen and oxygen atoms in total. The second-order valence-corrected chi connectivity index (χ2v) is 10.7. The zero-order chi connectivity index (χ0) is 28.3. The topological polar surface area (TPSA) is 95.8 Å². The van der Waals surface area contributed by atoms with Gasteiger partial charge in [0.1, 0.15) is 5.75 Å².